The molecule has 1 amide bonds. The van der Waals surface area contributed by atoms with Gasteiger partial charge < -0.3 is 10.1 Å². The van der Waals surface area contributed by atoms with Crippen LogP contribution >= 0.6 is 24.4 Å². The van der Waals surface area contributed by atoms with E-state index in [2.05, 4.69) is 17.9 Å². The number of carbonyl (C=O) groups excluding carboxylic acids is 3. The van der Waals surface area contributed by atoms with E-state index in [4.69, 9.17) is 4.74 Å². The highest BCUT2D eigenvalue weighted by Gasteiger charge is 2.18. The van der Waals surface area contributed by atoms with Crippen molar-refractivity contribution in [2.24, 2.45) is 0 Å². The third-order valence-electron chi connectivity index (χ3n) is 2.58. The Labute approximate surface area is 130 Å². The van der Waals surface area contributed by atoms with Crippen LogP contribution in [0, 0.1) is 0 Å². The van der Waals surface area contributed by atoms with Gasteiger partial charge in [-0.1, -0.05) is 20.8 Å². The Kier molecular flexibility index (Phi) is 10.6. The molecule has 1 N–H and O–H groups in total. The quantitative estimate of drug-likeness (QED) is 0.474. The van der Waals surface area contributed by atoms with Crippen molar-refractivity contribution < 1.29 is 19.1 Å². The van der Waals surface area contributed by atoms with E-state index in [1.54, 1.807) is 13.8 Å². The van der Waals surface area contributed by atoms with Gasteiger partial charge in [-0.05, 0) is 6.42 Å². The lowest BCUT2D eigenvalue weighted by atomic mass is 10.3. The molecule has 0 saturated heterocycles. The molecule has 20 heavy (non-hydrogen) atoms. The lowest BCUT2D eigenvalue weighted by Gasteiger charge is -2.18. The van der Waals surface area contributed by atoms with Crippen LogP contribution < -0.4 is 5.32 Å². The minimum atomic E-state index is -0.602. The Bertz CT molecular complexity index is 336. The summed E-state index contributed by atoms with van der Waals surface area (Å²) in [5, 5.41) is 2.25. The maximum absolute atomic E-state index is 11.3. The van der Waals surface area contributed by atoms with E-state index < -0.39 is 6.04 Å². The highest BCUT2D eigenvalue weighted by Crippen LogP contribution is 2.12. The number of hydrogen-bond donors (Lipinski definition) is 2. The van der Waals surface area contributed by atoms with E-state index in [-0.39, 0.29) is 23.1 Å². The van der Waals surface area contributed by atoms with Crippen LogP contribution in [0.25, 0.3) is 0 Å². The molecule has 0 rings (SSSR count). The van der Waals surface area contributed by atoms with E-state index in [1.807, 2.05) is 6.92 Å². The zero-order valence-corrected chi connectivity index (χ0v) is 13.9. The summed E-state index contributed by atoms with van der Waals surface area (Å²) in [6, 6.07) is -0.602. The van der Waals surface area contributed by atoms with Gasteiger partial charge in [0, 0.05) is 24.3 Å². The molecule has 0 aromatic heterocycles. The van der Waals surface area contributed by atoms with E-state index in [1.165, 1.54) is 11.8 Å². The summed E-state index contributed by atoms with van der Waals surface area (Å²) in [6.07, 6.45) is 1.24. The van der Waals surface area contributed by atoms with Gasteiger partial charge in [-0.3, -0.25) is 14.4 Å². The van der Waals surface area contributed by atoms with Crippen molar-refractivity contribution in [3.8, 4) is 0 Å². The van der Waals surface area contributed by atoms with Crippen LogP contribution in [0.1, 0.15) is 40.0 Å². The van der Waals surface area contributed by atoms with Crippen LogP contribution in [0.5, 0.6) is 0 Å². The predicted octanol–water partition coefficient (Wildman–Crippen LogP) is 1.80. The fourth-order valence-corrected chi connectivity index (χ4v) is 2.75. The van der Waals surface area contributed by atoms with Gasteiger partial charge in [0.2, 0.25) is 11.0 Å². The number of esters is 1. The van der Waals surface area contributed by atoms with Gasteiger partial charge in [0.25, 0.3) is 0 Å². The average Bonchev–Trinajstić information content (AvgIpc) is 2.44. The first kappa shape index (κ1) is 19.3. The zero-order chi connectivity index (χ0) is 15.5. The van der Waals surface area contributed by atoms with Crippen molar-refractivity contribution in [3.63, 3.8) is 0 Å². The molecule has 0 saturated carbocycles. The molecule has 0 fully saturated rings. The summed E-state index contributed by atoms with van der Waals surface area (Å²) in [6.45, 7) is 5.41. The molecular weight excluding hydrogens is 298 g/mol. The Balaban J connectivity index is 4.17. The maximum Gasteiger partial charge on any atom is 0.305 e. The lowest BCUT2D eigenvalue weighted by molar-refractivity contribution is -0.147. The number of rotatable bonds is 10. The summed E-state index contributed by atoms with van der Waals surface area (Å²) in [5.41, 5.74) is 0. The molecule has 0 aromatic rings. The fourth-order valence-electron chi connectivity index (χ4n) is 1.29. The van der Waals surface area contributed by atoms with Crippen LogP contribution in [0.2, 0.25) is 0 Å². The number of thioether (sulfide) groups is 1. The van der Waals surface area contributed by atoms with Gasteiger partial charge in [-0.15, -0.1) is 12.6 Å². The number of amides is 1. The topological polar surface area (TPSA) is 72.5 Å². The normalized spacial score (nSPS) is 13.4. The lowest BCUT2D eigenvalue weighted by Crippen LogP contribution is -2.40. The molecule has 2 atom stereocenters. The second-order valence-electron chi connectivity index (χ2n) is 4.22. The molecular formula is C13H23NO4S2. The number of carbonyl (C=O) groups is 3. The molecule has 0 aliphatic carbocycles. The third kappa shape index (κ3) is 8.47. The number of nitrogens with one attached hydrogen (secondary N) is 1. The molecule has 0 spiro atoms. The summed E-state index contributed by atoms with van der Waals surface area (Å²) < 4.78 is 5.24. The molecule has 0 bridgehead atoms. The molecule has 0 radical (unpaired) electrons. The van der Waals surface area contributed by atoms with Crippen molar-refractivity contribution in [3.05, 3.63) is 0 Å². The monoisotopic (exact) mass is 321 g/mol. The Morgan fingerprint density at radius 3 is 2.25 bits per heavy atom. The first-order valence-corrected chi connectivity index (χ1v) is 8.34. The SMILES string of the molecule is CCC(=O)NC(CSCC(CC)OC(=O)CC)C(=O)S. The Morgan fingerprint density at radius 1 is 1.15 bits per heavy atom. The second-order valence-corrected chi connectivity index (χ2v) is 5.74. The van der Waals surface area contributed by atoms with Crippen LogP contribution in [-0.2, 0) is 19.1 Å². The smallest absolute Gasteiger partial charge is 0.305 e. The van der Waals surface area contributed by atoms with Crippen LogP contribution in [0.4, 0.5) is 0 Å². The summed E-state index contributed by atoms with van der Waals surface area (Å²) in [5.74, 6) is 0.622. The molecule has 116 valence electrons. The highest BCUT2D eigenvalue weighted by atomic mass is 32.2. The van der Waals surface area contributed by atoms with E-state index in [0.29, 0.717) is 24.3 Å². The van der Waals surface area contributed by atoms with Crippen molar-refractivity contribution in [2.75, 3.05) is 11.5 Å². The molecule has 5 nitrogen and oxygen atoms in total. The van der Waals surface area contributed by atoms with E-state index >= 15 is 0 Å². The summed E-state index contributed by atoms with van der Waals surface area (Å²) in [7, 11) is 0. The Morgan fingerprint density at radius 2 is 1.80 bits per heavy atom. The van der Waals surface area contributed by atoms with Gasteiger partial charge in [0.1, 0.15) is 12.1 Å². The minimum Gasteiger partial charge on any atom is -0.462 e. The van der Waals surface area contributed by atoms with E-state index in [0.717, 1.165) is 6.42 Å². The third-order valence-corrected chi connectivity index (χ3v) is 4.07. The van der Waals surface area contributed by atoms with Gasteiger partial charge in [-0.25, -0.2) is 0 Å². The maximum atomic E-state index is 11.3. The summed E-state index contributed by atoms with van der Waals surface area (Å²) >= 11 is 5.24. The standard InChI is InChI=1S/C13H23NO4S2/c1-4-9(18-12(16)6-3)7-20-8-10(13(17)19)14-11(15)5-2/h9-10H,4-8H2,1-3H3,(H,14,15)(H,17,19). The van der Waals surface area contributed by atoms with Crippen molar-refractivity contribution >= 4 is 41.4 Å². The van der Waals surface area contributed by atoms with Gasteiger partial charge in [-0.2, -0.15) is 11.8 Å². The molecule has 7 heteroatoms. The highest BCUT2D eigenvalue weighted by molar-refractivity contribution is 8.00. The van der Waals surface area contributed by atoms with Crippen molar-refractivity contribution in [1.82, 2.24) is 5.32 Å². The van der Waals surface area contributed by atoms with Gasteiger partial charge >= 0.3 is 5.97 Å². The fraction of sp³-hybridized carbons (Fsp3) is 0.769. The average molecular weight is 321 g/mol. The number of thiol groups is 1. The van der Waals surface area contributed by atoms with Crippen LogP contribution in [0.3, 0.4) is 0 Å². The molecule has 0 aliphatic heterocycles. The molecule has 2 unspecified atom stereocenters. The molecule has 0 aliphatic rings. The predicted molar refractivity (Wildman–Crippen MR) is 84.0 cm³/mol. The van der Waals surface area contributed by atoms with Crippen molar-refractivity contribution in [2.45, 2.75) is 52.2 Å². The van der Waals surface area contributed by atoms with Gasteiger partial charge in [0.05, 0.1) is 0 Å². The summed E-state index contributed by atoms with van der Waals surface area (Å²) in [4.78, 5) is 33.8. The number of ether oxygens (including phenoxy) is 1. The zero-order valence-electron chi connectivity index (χ0n) is 12.2. The largest absolute Gasteiger partial charge is 0.462 e. The molecule has 0 aromatic carbocycles. The van der Waals surface area contributed by atoms with Crippen molar-refractivity contribution in [1.29, 1.82) is 0 Å². The second kappa shape index (κ2) is 11.0. The van der Waals surface area contributed by atoms with Crippen LogP contribution in [0.15, 0.2) is 0 Å². The first-order valence-electron chi connectivity index (χ1n) is 6.73. The van der Waals surface area contributed by atoms with Crippen LogP contribution in [-0.4, -0.2) is 40.6 Å². The Hall–Kier alpha value is -0.690. The van der Waals surface area contributed by atoms with Gasteiger partial charge in [0.15, 0.2) is 0 Å². The van der Waals surface area contributed by atoms with E-state index in [9.17, 15) is 14.4 Å². The first-order chi connectivity index (χ1) is 9.44. The number of hydrogen-bond acceptors (Lipinski definition) is 5. The molecule has 0 heterocycles. The minimum absolute atomic E-state index is 0.162.